The van der Waals surface area contributed by atoms with Gasteiger partial charge in [0.05, 0.1) is 11.8 Å². The minimum Gasteiger partial charge on any atom is -0.392 e. The Bertz CT molecular complexity index is 188. The molecule has 0 aliphatic heterocycles. The molecular weight excluding hydrogens is 162 g/mol. The number of nitrogens with one attached hydrogen (secondary N) is 1. The molecule has 1 unspecified atom stereocenters. The Balaban J connectivity index is 2.14. The summed E-state index contributed by atoms with van der Waals surface area (Å²) in [6.45, 7) is 3.02. The van der Waals surface area contributed by atoms with E-state index in [1.807, 2.05) is 5.38 Å². The number of aliphatic hydroxyl groups excluding tert-OH is 1. The summed E-state index contributed by atoms with van der Waals surface area (Å²) in [6, 6.07) is 0. The van der Waals surface area contributed by atoms with Gasteiger partial charge in [-0.1, -0.05) is 4.49 Å². The highest BCUT2D eigenvalue weighted by Gasteiger charge is 1.96. The van der Waals surface area contributed by atoms with E-state index in [0.29, 0.717) is 13.1 Å². The molecule has 0 aromatic carbocycles. The van der Waals surface area contributed by atoms with E-state index >= 15 is 0 Å². The van der Waals surface area contributed by atoms with Crippen molar-refractivity contribution in [2.45, 2.75) is 19.6 Å². The zero-order valence-electron chi connectivity index (χ0n) is 6.32. The molecule has 1 aromatic rings. The normalized spacial score (nSPS) is 13.3. The van der Waals surface area contributed by atoms with Gasteiger partial charge in [0.25, 0.3) is 0 Å². The Morgan fingerprint density at radius 3 is 3.18 bits per heavy atom. The van der Waals surface area contributed by atoms with Crippen LogP contribution < -0.4 is 5.32 Å². The van der Waals surface area contributed by atoms with Crippen LogP contribution >= 0.6 is 11.5 Å². The van der Waals surface area contributed by atoms with Crippen molar-refractivity contribution < 1.29 is 5.11 Å². The molecule has 0 saturated carbocycles. The molecule has 1 heterocycles. The lowest BCUT2D eigenvalue weighted by atomic mass is 10.4. The molecule has 0 spiro atoms. The Hall–Kier alpha value is -0.520. The first-order valence-corrected chi connectivity index (χ1v) is 4.27. The lowest BCUT2D eigenvalue weighted by molar-refractivity contribution is 0.191. The number of hydrogen-bond acceptors (Lipinski definition) is 5. The highest BCUT2D eigenvalue weighted by molar-refractivity contribution is 7.03. The van der Waals surface area contributed by atoms with Crippen molar-refractivity contribution in [2.24, 2.45) is 0 Å². The highest BCUT2D eigenvalue weighted by atomic mass is 32.1. The maximum Gasteiger partial charge on any atom is 0.0893 e. The molecule has 0 radical (unpaired) electrons. The first-order valence-electron chi connectivity index (χ1n) is 3.44. The van der Waals surface area contributed by atoms with Gasteiger partial charge in [-0.2, -0.15) is 0 Å². The Morgan fingerprint density at radius 1 is 1.82 bits per heavy atom. The standard InChI is InChI=1S/C6H11N3OS/c1-5(10)2-7-3-6-4-11-9-8-6/h4-5,7,10H,2-3H2,1H3. The Kier molecular flexibility index (Phi) is 3.41. The average Bonchev–Trinajstić information content (AvgIpc) is 2.39. The highest BCUT2D eigenvalue weighted by Crippen LogP contribution is 1.95. The van der Waals surface area contributed by atoms with Crippen LogP contribution in [0.25, 0.3) is 0 Å². The molecule has 4 nitrogen and oxygen atoms in total. The monoisotopic (exact) mass is 173 g/mol. The number of nitrogens with zero attached hydrogens (tertiary/aromatic N) is 2. The van der Waals surface area contributed by atoms with Gasteiger partial charge < -0.3 is 10.4 Å². The lowest BCUT2D eigenvalue weighted by Gasteiger charge is -2.03. The first-order chi connectivity index (χ1) is 5.29. The average molecular weight is 173 g/mol. The molecule has 5 heteroatoms. The van der Waals surface area contributed by atoms with Gasteiger partial charge >= 0.3 is 0 Å². The molecule has 0 amide bonds. The molecule has 0 saturated heterocycles. The summed E-state index contributed by atoms with van der Waals surface area (Å²) in [5, 5.41) is 17.6. The third kappa shape index (κ3) is 3.41. The number of rotatable bonds is 4. The minimum absolute atomic E-state index is 0.304. The summed E-state index contributed by atoms with van der Waals surface area (Å²) >= 11 is 1.33. The van der Waals surface area contributed by atoms with Gasteiger partial charge in [-0.25, -0.2) is 0 Å². The lowest BCUT2D eigenvalue weighted by Crippen LogP contribution is -2.23. The van der Waals surface area contributed by atoms with Crippen LogP contribution in [0.5, 0.6) is 0 Å². The summed E-state index contributed by atoms with van der Waals surface area (Å²) in [4.78, 5) is 0. The fourth-order valence-corrected chi connectivity index (χ4v) is 1.12. The molecule has 0 aliphatic carbocycles. The topological polar surface area (TPSA) is 58.0 Å². The van der Waals surface area contributed by atoms with E-state index in [0.717, 1.165) is 5.69 Å². The van der Waals surface area contributed by atoms with Crippen LogP contribution in [0.15, 0.2) is 5.38 Å². The SMILES string of the molecule is CC(O)CNCc1csnn1. The molecule has 0 aliphatic rings. The van der Waals surface area contributed by atoms with Crippen LogP contribution in [0.3, 0.4) is 0 Å². The summed E-state index contributed by atoms with van der Waals surface area (Å²) in [6.07, 6.45) is -0.304. The van der Waals surface area contributed by atoms with Gasteiger partial charge in [-0.05, 0) is 18.5 Å². The maximum atomic E-state index is 8.89. The number of aromatic nitrogens is 2. The fourth-order valence-electron chi connectivity index (χ4n) is 0.670. The van der Waals surface area contributed by atoms with Crippen LogP contribution in [0.4, 0.5) is 0 Å². The molecule has 62 valence electrons. The van der Waals surface area contributed by atoms with Crippen molar-refractivity contribution in [1.29, 1.82) is 0 Å². The van der Waals surface area contributed by atoms with Crippen LogP contribution in [0.2, 0.25) is 0 Å². The van der Waals surface area contributed by atoms with E-state index in [1.165, 1.54) is 11.5 Å². The minimum atomic E-state index is -0.304. The van der Waals surface area contributed by atoms with Crippen molar-refractivity contribution in [1.82, 2.24) is 14.9 Å². The molecule has 1 aromatic heterocycles. The van der Waals surface area contributed by atoms with E-state index in [-0.39, 0.29) is 6.10 Å². The van der Waals surface area contributed by atoms with Crippen molar-refractivity contribution in [3.8, 4) is 0 Å². The molecule has 11 heavy (non-hydrogen) atoms. The second-order valence-electron chi connectivity index (χ2n) is 2.38. The third-order valence-corrected chi connectivity index (χ3v) is 1.70. The van der Waals surface area contributed by atoms with Gasteiger partial charge in [-0.3, -0.25) is 0 Å². The van der Waals surface area contributed by atoms with Crippen LogP contribution in [0.1, 0.15) is 12.6 Å². The molecule has 0 fully saturated rings. The van der Waals surface area contributed by atoms with Gasteiger partial charge in [-0.15, -0.1) is 5.10 Å². The largest absolute Gasteiger partial charge is 0.392 e. The van der Waals surface area contributed by atoms with Crippen molar-refractivity contribution >= 4 is 11.5 Å². The quantitative estimate of drug-likeness (QED) is 0.673. The third-order valence-electron chi connectivity index (χ3n) is 1.15. The van der Waals surface area contributed by atoms with E-state index < -0.39 is 0 Å². The Labute approximate surface area is 69.4 Å². The summed E-state index contributed by atoms with van der Waals surface area (Å²) in [5.74, 6) is 0. The van der Waals surface area contributed by atoms with Gasteiger partial charge in [0.1, 0.15) is 0 Å². The maximum absolute atomic E-state index is 8.89. The van der Waals surface area contributed by atoms with Gasteiger partial charge in [0.2, 0.25) is 0 Å². The Morgan fingerprint density at radius 2 is 2.64 bits per heavy atom. The zero-order chi connectivity index (χ0) is 8.10. The molecular formula is C6H11N3OS. The van der Waals surface area contributed by atoms with Gasteiger partial charge in [0, 0.05) is 18.5 Å². The van der Waals surface area contributed by atoms with E-state index in [1.54, 1.807) is 6.92 Å². The fraction of sp³-hybridized carbons (Fsp3) is 0.667. The number of aliphatic hydroxyl groups is 1. The van der Waals surface area contributed by atoms with Gasteiger partial charge in [0.15, 0.2) is 0 Å². The molecule has 1 atom stereocenters. The van der Waals surface area contributed by atoms with E-state index in [9.17, 15) is 0 Å². The predicted octanol–water partition coefficient (Wildman–Crippen LogP) is 0.00850. The zero-order valence-corrected chi connectivity index (χ0v) is 7.14. The number of hydrogen-bond donors (Lipinski definition) is 2. The van der Waals surface area contributed by atoms with E-state index in [4.69, 9.17) is 5.11 Å². The molecule has 2 N–H and O–H groups in total. The van der Waals surface area contributed by atoms with Crippen LogP contribution in [-0.4, -0.2) is 27.3 Å². The van der Waals surface area contributed by atoms with E-state index in [2.05, 4.69) is 14.9 Å². The second kappa shape index (κ2) is 4.38. The molecule has 0 bridgehead atoms. The van der Waals surface area contributed by atoms with Crippen molar-refractivity contribution in [3.05, 3.63) is 11.1 Å². The molecule has 1 rings (SSSR count). The van der Waals surface area contributed by atoms with Crippen LogP contribution in [0, 0.1) is 0 Å². The van der Waals surface area contributed by atoms with Crippen LogP contribution in [-0.2, 0) is 6.54 Å². The predicted molar refractivity (Wildman–Crippen MR) is 43.3 cm³/mol. The smallest absolute Gasteiger partial charge is 0.0893 e. The van der Waals surface area contributed by atoms with Crippen molar-refractivity contribution in [3.63, 3.8) is 0 Å². The summed E-state index contributed by atoms with van der Waals surface area (Å²) < 4.78 is 3.71. The first kappa shape index (κ1) is 8.58. The van der Waals surface area contributed by atoms with Crippen molar-refractivity contribution in [2.75, 3.05) is 6.54 Å². The summed E-state index contributed by atoms with van der Waals surface area (Å²) in [5.41, 5.74) is 0.927. The summed E-state index contributed by atoms with van der Waals surface area (Å²) in [7, 11) is 0. The second-order valence-corrected chi connectivity index (χ2v) is 2.99.